The van der Waals surface area contributed by atoms with Gasteiger partial charge < -0.3 is 9.57 Å². The summed E-state index contributed by atoms with van der Waals surface area (Å²) in [6, 6.07) is 9.62. The van der Waals surface area contributed by atoms with Crippen LogP contribution in [0.2, 0.25) is 0 Å². The Kier molecular flexibility index (Phi) is 4.85. The van der Waals surface area contributed by atoms with Gasteiger partial charge in [0.1, 0.15) is 12.4 Å². The molecule has 0 aliphatic rings. The third kappa shape index (κ3) is 4.45. The molecule has 0 radical (unpaired) electrons. The molecule has 86 valence electrons. The standard InChI is InChI=1S/C11H14N2O3/c1-9(12-11(14)15-2)13-16-8-10-6-4-3-5-7-10/h3-7H,8H2,1-2H3,(H,12,13,14). The fraction of sp³-hybridized carbons (Fsp3) is 0.273. The molecule has 5 heteroatoms. The van der Waals surface area contributed by atoms with E-state index in [9.17, 15) is 4.79 Å². The maximum atomic E-state index is 10.8. The Bertz CT molecular complexity index is 363. The Morgan fingerprint density at radius 2 is 2.06 bits per heavy atom. The van der Waals surface area contributed by atoms with Crippen molar-refractivity contribution in [2.24, 2.45) is 5.16 Å². The van der Waals surface area contributed by atoms with Crippen molar-refractivity contribution in [3.63, 3.8) is 0 Å². The third-order valence-corrected chi connectivity index (χ3v) is 1.74. The highest BCUT2D eigenvalue weighted by Gasteiger charge is 1.99. The Morgan fingerprint density at radius 3 is 2.69 bits per heavy atom. The Balaban J connectivity index is 2.34. The van der Waals surface area contributed by atoms with Crippen LogP contribution < -0.4 is 5.32 Å². The van der Waals surface area contributed by atoms with Crippen LogP contribution in [0.5, 0.6) is 0 Å². The zero-order chi connectivity index (χ0) is 11.8. The summed E-state index contributed by atoms with van der Waals surface area (Å²) in [5, 5.41) is 6.09. The molecule has 0 atom stereocenters. The molecule has 1 N–H and O–H groups in total. The van der Waals surface area contributed by atoms with Gasteiger partial charge in [0, 0.05) is 0 Å². The van der Waals surface area contributed by atoms with Gasteiger partial charge in [-0.2, -0.15) is 0 Å². The second-order valence-corrected chi connectivity index (χ2v) is 3.05. The Morgan fingerprint density at radius 1 is 1.38 bits per heavy atom. The number of oxime groups is 1. The van der Waals surface area contributed by atoms with Crippen molar-refractivity contribution in [1.82, 2.24) is 5.32 Å². The number of methoxy groups -OCH3 is 1. The average molecular weight is 222 g/mol. The van der Waals surface area contributed by atoms with Crippen molar-refractivity contribution in [2.45, 2.75) is 13.5 Å². The minimum absolute atomic E-state index is 0.350. The number of carbonyl (C=O) groups excluding carboxylic acids is 1. The molecular formula is C11H14N2O3. The minimum atomic E-state index is -0.565. The van der Waals surface area contributed by atoms with Gasteiger partial charge in [0.05, 0.1) is 7.11 Å². The number of nitrogens with one attached hydrogen (secondary N) is 1. The number of amidine groups is 1. The van der Waals surface area contributed by atoms with Gasteiger partial charge in [-0.05, 0) is 12.5 Å². The molecule has 1 aromatic carbocycles. The first-order chi connectivity index (χ1) is 7.72. The monoisotopic (exact) mass is 222 g/mol. The molecule has 0 bridgehead atoms. The fourth-order valence-electron chi connectivity index (χ4n) is 0.999. The smallest absolute Gasteiger partial charge is 0.412 e. The maximum Gasteiger partial charge on any atom is 0.412 e. The molecule has 0 saturated heterocycles. The van der Waals surface area contributed by atoms with E-state index in [1.165, 1.54) is 7.11 Å². The van der Waals surface area contributed by atoms with E-state index in [4.69, 9.17) is 4.84 Å². The molecule has 1 amide bonds. The number of benzene rings is 1. The first-order valence-corrected chi connectivity index (χ1v) is 4.78. The highest BCUT2D eigenvalue weighted by Crippen LogP contribution is 2.00. The predicted octanol–water partition coefficient (Wildman–Crippen LogP) is 1.89. The van der Waals surface area contributed by atoms with Crippen molar-refractivity contribution in [2.75, 3.05) is 7.11 Å². The molecule has 1 rings (SSSR count). The second kappa shape index (κ2) is 6.44. The van der Waals surface area contributed by atoms with Crippen molar-refractivity contribution < 1.29 is 14.4 Å². The van der Waals surface area contributed by atoms with Gasteiger partial charge in [0.2, 0.25) is 0 Å². The van der Waals surface area contributed by atoms with Crippen molar-refractivity contribution in [1.29, 1.82) is 0 Å². The molecule has 0 fully saturated rings. The summed E-state index contributed by atoms with van der Waals surface area (Å²) in [6.07, 6.45) is -0.565. The molecule has 0 aliphatic heterocycles. The van der Waals surface area contributed by atoms with Crippen molar-refractivity contribution in [3.8, 4) is 0 Å². The highest BCUT2D eigenvalue weighted by atomic mass is 16.6. The van der Waals surface area contributed by atoms with Gasteiger partial charge in [0.15, 0.2) is 0 Å². The van der Waals surface area contributed by atoms with E-state index in [0.717, 1.165) is 5.56 Å². The van der Waals surface area contributed by atoms with Crippen LogP contribution in [0.3, 0.4) is 0 Å². The summed E-state index contributed by atoms with van der Waals surface area (Å²) in [6.45, 7) is 1.98. The molecule has 0 saturated carbocycles. The first kappa shape index (κ1) is 12.0. The Labute approximate surface area is 94.0 Å². The summed E-state index contributed by atoms with van der Waals surface area (Å²) in [7, 11) is 1.29. The first-order valence-electron chi connectivity index (χ1n) is 4.78. The van der Waals surface area contributed by atoms with E-state index >= 15 is 0 Å². The normalized spacial score (nSPS) is 10.8. The van der Waals surface area contributed by atoms with Crippen LogP contribution in [0.15, 0.2) is 35.5 Å². The van der Waals surface area contributed by atoms with Crippen LogP contribution in [-0.2, 0) is 16.2 Å². The molecular weight excluding hydrogens is 208 g/mol. The maximum absolute atomic E-state index is 10.8. The minimum Gasteiger partial charge on any atom is -0.453 e. The van der Waals surface area contributed by atoms with Gasteiger partial charge in [0.25, 0.3) is 0 Å². The van der Waals surface area contributed by atoms with E-state index in [1.54, 1.807) is 6.92 Å². The molecule has 5 nitrogen and oxygen atoms in total. The van der Waals surface area contributed by atoms with Gasteiger partial charge in [-0.15, -0.1) is 0 Å². The van der Waals surface area contributed by atoms with Crippen LogP contribution in [0.1, 0.15) is 12.5 Å². The van der Waals surface area contributed by atoms with E-state index in [1.807, 2.05) is 30.3 Å². The van der Waals surface area contributed by atoms with E-state index in [2.05, 4.69) is 15.2 Å². The number of rotatable bonds is 3. The molecule has 0 unspecified atom stereocenters. The van der Waals surface area contributed by atoms with Crippen LogP contribution in [0, 0.1) is 0 Å². The molecule has 1 aromatic rings. The van der Waals surface area contributed by atoms with Gasteiger partial charge >= 0.3 is 6.09 Å². The number of carbonyl (C=O) groups is 1. The molecule has 0 aliphatic carbocycles. The lowest BCUT2D eigenvalue weighted by Gasteiger charge is -2.03. The number of hydrogen-bond donors (Lipinski definition) is 1. The van der Waals surface area contributed by atoms with E-state index in [0.29, 0.717) is 12.4 Å². The average Bonchev–Trinajstić information content (AvgIpc) is 2.30. The fourth-order valence-corrected chi connectivity index (χ4v) is 0.999. The summed E-state index contributed by atoms with van der Waals surface area (Å²) >= 11 is 0. The summed E-state index contributed by atoms with van der Waals surface area (Å²) in [4.78, 5) is 15.8. The lowest BCUT2D eigenvalue weighted by molar-refractivity contribution is 0.128. The lowest BCUT2D eigenvalue weighted by Crippen LogP contribution is -2.28. The molecule has 0 spiro atoms. The van der Waals surface area contributed by atoms with Gasteiger partial charge in [-0.25, -0.2) is 4.79 Å². The van der Waals surface area contributed by atoms with Gasteiger partial charge in [-0.3, -0.25) is 5.32 Å². The zero-order valence-corrected chi connectivity index (χ0v) is 9.27. The van der Waals surface area contributed by atoms with Gasteiger partial charge in [-0.1, -0.05) is 35.5 Å². The number of ether oxygens (including phenoxy) is 1. The van der Waals surface area contributed by atoms with E-state index < -0.39 is 6.09 Å². The number of amides is 1. The third-order valence-electron chi connectivity index (χ3n) is 1.74. The lowest BCUT2D eigenvalue weighted by atomic mass is 10.2. The largest absolute Gasteiger partial charge is 0.453 e. The topological polar surface area (TPSA) is 59.9 Å². The highest BCUT2D eigenvalue weighted by molar-refractivity contribution is 5.93. The van der Waals surface area contributed by atoms with Crippen LogP contribution >= 0.6 is 0 Å². The van der Waals surface area contributed by atoms with Crippen LogP contribution in [0.25, 0.3) is 0 Å². The number of hydrogen-bond acceptors (Lipinski definition) is 4. The quantitative estimate of drug-likeness (QED) is 0.482. The zero-order valence-electron chi connectivity index (χ0n) is 9.27. The predicted molar refractivity (Wildman–Crippen MR) is 59.9 cm³/mol. The summed E-state index contributed by atoms with van der Waals surface area (Å²) in [5.74, 6) is 0.350. The number of nitrogens with zero attached hydrogens (tertiary/aromatic N) is 1. The SMILES string of the molecule is COC(=O)NC(C)=NOCc1ccccc1. The molecule has 0 aromatic heterocycles. The molecule has 0 heterocycles. The second-order valence-electron chi connectivity index (χ2n) is 3.05. The molecule has 16 heavy (non-hydrogen) atoms. The van der Waals surface area contributed by atoms with Crippen molar-refractivity contribution >= 4 is 11.9 Å². The van der Waals surface area contributed by atoms with Crippen LogP contribution in [-0.4, -0.2) is 19.0 Å². The van der Waals surface area contributed by atoms with E-state index in [-0.39, 0.29) is 0 Å². The van der Waals surface area contributed by atoms with Crippen LogP contribution in [0.4, 0.5) is 4.79 Å². The van der Waals surface area contributed by atoms with Crippen molar-refractivity contribution in [3.05, 3.63) is 35.9 Å². The summed E-state index contributed by atoms with van der Waals surface area (Å²) < 4.78 is 4.40. The summed E-state index contributed by atoms with van der Waals surface area (Å²) in [5.41, 5.74) is 1.01. The number of alkyl carbamates (subject to hydrolysis) is 1. The Hall–Kier alpha value is -2.04.